The number of furan rings is 1. The molecule has 2 aromatic heterocycles. The highest BCUT2D eigenvalue weighted by Crippen LogP contribution is 2.62. The first-order valence-corrected chi connectivity index (χ1v) is 37.4. The molecule has 1 saturated carbocycles. The Morgan fingerprint density at radius 2 is 0.896 bits per heavy atom. The fourth-order valence-corrected chi connectivity index (χ4v) is 20.0. The van der Waals surface area contributed by atoms with Gasteiger partial charge >= 0.3 is 6.71 Å². The van der Waals surface area contributed by atoms with Crippen LogP contribution in [0.1, 0.15) is 251 Å². The monoisotopic (exact) mass is 1280 g/mol. The van der Waals surface area contributed by atoms with Gasteiger partial charge in [0.05, 0.1) is 22.7 Å². The molecule has 5 heteroatoms. The van der Waals surface area contributed by atoms with Gasteiger partial charge in [0, 0.05) is 42.8 Å². The quantitative estimate of drug-likeness (QED) is 0.148. The van der Waals surface area contributed by atoms with Crippen molar-refractivity contribution < 1.29 is 4.42 Å². The number of thiophene rings is 1. The van der Waals surface area contributed by atoms with Crippen LogP contribution in [0.5, 0.6) is 0 Å². The number of rotatable bonds is 7. The van der Waals surface area contributed by atoms with Crippen molar-refractivity contribution in [2.45, 2.75) is 246 Å². The third-order valence-electron chi connectivity index (χ3n) is 25.6. The molecule has 10 aromatic rings. The Kier molecular flexibility index (Phi) is 14.7. The number of anilines is 6. The molecule has 3 aliphatic carbocycles. The predicted molar refractivity (Wildman–Crippen MR) is 417 cm³/mol. The van der Waals surface area contributed by atoms with E-state index in [0.717, 1.165) is 49.8 Å². The van der Waals surface area contributed by atoms with E-state index in [1.54, 1.807) is 0 Å². The maximum atomic E-state index is 8.10. The number of hydrogen-bond acceptors (Lipinski definition) is 4. The smallest absolute Gasteiger partial charge is 0.309 e. The highest BCUT2D eigenvalue weighted by atomic mass is 32.1. The largest absolute Gasteiger partial charge is 0.468 e. The molecule has 5 aliphatic rings. The van der Waals surface area contributed by atoms with Crippen LogP contribution in [0.25, 0.3) is 43.3 Å². The van der Waals surface area contributed by atoms with Crippen LogP contribution < -0.4 is 25.7 Å². The molecule has 494 valence electrons. The number of aryl methyl sites for hydroxylation is 1. The molecule has 1 fully saturated rings. The normalized spacial score (nSPS) is 21.2. The van der Waals surface area contributed by atoms with E-state index < -0.39 is 0 Å². The Bertz CT molecular complexity index is 4550. The second-order valence-electron chi connectivity index (χ2n) is 36.7. The second kappa shape index (κ2) is 21.7. The van der Waals surface area contributed by atoms with Gasteiger partial charge < -0.3 is 14.2 Å². The zero-order chi connectivity index (χ0) is 68.1. The molecule has 0 N–H and O–H groups in total. The third-order valence-corrected chi connectivity index (χ3v) is 26.8. The summed E-state index contributed by atoms with van der Waals surface area (Å²) in [6, 6.07) is 61.0. The molecule has 8 aromatic carbocycles. The number of nitrogens with zero attached hydrogens (tertiary/aromatic N) is 2. The Morgan fingerprint density at radius 1 is 0.448 bits per heavy atom. The standard InChI is InChI=1S/C91H105BN2OS/c1-55-34-35-62(85(9,10)11)50-67(55)91(21)41-29-28-40-90(91,20)56(2)59-46-74-78-75(47-59)94(73-39-37-61(84(6,7)8)49-64(73)58-32-26-23-27-33-58)80-66-52-69-71(89(18,19)45-43-87(69,14)15)54-77(66)96-82(80)92(78)81-79(65-51-68-70(53-76(65)95-81)88(16,17)44-42-86(68,12)13)93(74)72-38-36-60(83(3,4)5)48-63(72)57-30-24-22-25-31-57/h22-27,30-39,46-54,56H,28-29,40-45H2,1-21H3. The van der Waals surface area contributed by atoms with Crippen molar-refractivity contribution in [3.8, 4) is 22.3 Å². The Morgan fingerprint density at radius 3 is 1.41 bits per heavy atom. The minimum Gasteiger partial charge on any atom is -0.468 e. The van der Waals surface area contributed by atoms with E-state index in [-0.39, 0.29) is 61.4 Å². The first-order chi connectivity index (χ1) is 45.0. The van der Waals surface area contributed by atoms with Crippen LogP contribution in [0.2, 0.25) is 0 Å². The molecule has 0 radical (unpaired) electrons. The SMILES string of the molecule is Cc1ccc(C(C)(C)C)cc1C1(C)CCCCC1(C)C(C)c1cc2c3c(c1)N(c1ccc(C(C)(C)C)cc1-c1ccccc1)c1c(sc4cc5c(cc14)C(C)(C)CCC5(C)C)B3c1oc3cc4c(cc3c1N2c1ccc(C(C)(C)C)cc1-c1ccccc1)C(C)(C)CCC4(C)C. The number of hydrogen-bond donors (Lipinski definition) is 0. The van der Waals surface area contributed by atoms with E-state index >= 15 is 0 Å². The minimum atomic E-state index is -0.223. The van der Waals surface area contributed by atoms with Gasteiger partial charge in [-0.05, 0) is 233 Å². The van der Waals surface area contributed by atoms with Crippen molar-refractivity contribution >= 4 is 89.1 Å². The maximum absolute atomic E-state index is 8.10. The van der Waals surface area contributed by atoms with Crippen LogP contribution in [0.15, 0.2) is 156 Å². The summed E-state index contributed by atoms with van der Waals surface area (Å²) in [6.45, 7) is 51.5. The van der Waals surface area contributed by atoms with Crippen LogP contribution >= 0.6 is 11.3 Å². The van der Waals surface area contributed by atoms with Gasteiger partial charge in [-0.25, -0.2) is 0 Å². The Labute approximate surface area is 580 Å². The van der Waals surface area contributed by atoms with Gasteiger partial charge in [0.25, 0.3) is 0 Å². The molecule has 4 heterocycles. The molecule has 0 bridgehead atoms. The molecular weight excluding hydrogens is 1180 g/mol. The van der Waals surface area contributed by atoms with Crippen LogP contribution in [0, 0.1) is 12.3 Å². The molecule has 3 nitrogen and oxygen atoms in total. The molecular formula is C91H105BN2OS. The van der Waals surface area contributed by atoms with E-state index in [1.807, 2.05) is 11.3 Å². The molecule has 3 atom stereocenters. The molecule has 0 saturated heterocycles. The van der Waals surface area contributed by atoms with Crippen molar-refractivity contribution in [2.24, 2.45) is 5.41 Å². The van der Waals surface area contributed by atoms with Crippen LogP contribution in [-0.2, 0) is 43.3 Å². The first kappa shape index (κ1) is 64.9. The summed E-state index contributed by atoms with van der Waals surface area (Å²) >= 11 is 2.03. The van der Waals surface area contributed by atoms with Gasteiger partial charge in [-0.1, -0.05) is 242 Å². The van der Waals surface area contributed by atoms with Crippen LogP contribution in [0.3, 0.4) is 0 Å². The summed E-state index contributed by atoms with van der Waals surface area (Å²) in [5, 5.41) is 2.54. The van der Waals surface area contributed by atoms with E-state index in [1.165, 1.54) is 151 Å². The molecule has 2 aliphatic heterocycles. The lowest BCUT2D eigenvalue weighted by atomic mass is 9.38. The summed E-state index contributed by atoms with van der Waals surface area (Å²) in [6.07, 6.45) is 9.26. The zero-order valence-corrected chi connectivity index (χ0v) is 62.8. The number of fused-ring (bicyclic) bond motifs is 10. The van der Waals surface area contributed by atoms with Crippen molar-refractivity contribution in [2.75, 3.05) is 9.80 Å². The van der Waals surface area contributed by atoms with Gasteiger partial charge in [-0.3, -0.25) is 0 Å². The van der Waals surface area contributed by atoms with E-state index in [0.29, 0.717) is 0 Å². The van der Waals surface area contributed by atoms with Gasteiger partial charge in [0.2, 0.25) is 0 Å². The first-order valence-electron chi connectivity index (χ1n) is 36.5. The average Bonchev–Trinajstić information content (AvgIpc) is 1.39. The molecule has 3 unspecified atom stereocenters. The maximum Gasteiger partial charge on any atom is 0.309 e. The summed E-state index contributed by atoms with van der Waals surface area (Å²) in [7, 11) is 0. The lowest BCUT2D eigenvalue weighted by molar-refractivity contribution is 0.0613. The Hall–Kier alpha value is -7.08. The molecule has 96 heavy (non-hydrogen) atoms. The average molecular weight is 1290 g/mol. The molecule has 0 amide bonds. The van der Waals surface area contributed by atoms with E-state index in [2.05, 4.69) is 307 Å². The fraction of sp³-hybridized carbons (Fsp3) is 0.429. The summed E-state index contributed by atoms with van der Waals surface area (Å²) in [5.41, 5.74) is 29.4. The van der Waals surface area contributed by atoms with Crippen LogP contribution in [0.4, 0.5) is 34.1 Å². The Balaban J connectivity index is 1.13. The van der Waals surface area contributed by atoms with Gasteiger partial charge in [0.1, 0.15) is 11.2 Å². The lowest BCUT2D eigenvalue weighted by Crippen LogP contribution is -2.60. The van der Waals surface area contributed by atoms with E-state index in [9.17, 15) is 0 Å². The third kappa shape index (κ3) is 9.95. The summed E-state index contributed by atoms with van der Waals surface area (Å²) in [4.78, 5) is 5.58. The summed E-state index contributed by atoms with van der Waals surface area (Å²) < 4.78 is 10.8. The van der Waals surface area contributed by atoms with Crippen LogP contribution in [-0.4, -0.2) is 6.71 Å². The van der Waals surface area contributed by atoms with Crippen molar-refractivity contribution in [1.29, 1.82) is 0 Å². The summed E-state index contributed by atoms with van der Waals surface area (Å²) in [5.74, 6) is 0.131. The molecule has 15 rings (SSSR count). The van der Waals surface area contributed by atoms with E-state index in [4.69, 9.17) is 4.42 Å². The highest BCUT2D eigenvalue weighted by molar-refractivity contribution is 7.33. The minimum absolute atomic E-state index is 0.00561. The van der Waals surface area contributed by atoms with Gasteiger partial charge in [-0.15, -0.1) is 11.3 Å². The van der Waals surface area contributed by atoms with Crippen molar-refractivity contribution in [1.82, 2.24) is 0 Å². The van der Waals surface area contributed by atoms with Gasteiger partial charge in [0.15, 0.2) is 0 Å². The number of benzene rings is 8. The van der Waals surface area contributed by atoms with Crippen molar-refractivity contribution in [3.63, 3.8) is 0 Å². The topological polar surface area (TPSA) is 19.6 Å². The van der Waals surface area contributed by atoms with Crippen molar-refractivity contribution in [3.05, 3.63) is 207 Å². The second-order valence-corrected chi connectivity index (χ2v) is 37.8. The predicted octanol–water partition coefficient (Wildman–Crippen LogP) is 24.6. The zero-order valence-electron chi connectivity index (χ0n) is 62.0. The fourth-order valence-electron chi connectivity index (χ4n) is 18.7. The van der Waals surface area contributed by atoms with Gasteiger partial charge in [-0.2, -0.15) is 0 Å². The molecule has 0 spiro atoms. The highest BCUT2D eigenvalue weighted by Gasteiger charge is 2.55. The lowest BCUT2D eigenvalue weighted by Gasteiger charge is -2.55.